The molecule has 1 amide bonds. The predicted molar refractivity (Wildman–Crippen MR) is 121 cm³/mol. The number of amides is 1. The Morgan fingerprint density at radius 3 is 2.31 bits per heavy atom. The predicted octanol–water partition coefficient (Wildman–Crippen LogP) is 2.71. The summed E-state index contributed by atoms with van der Waals surface area (Å²) in [5.41, 5.74) is 1.06. The lowest BCUT2D eigenvalue weighted by Crippen LogP contribution is -2.55. The number of sulfonamides is 1. The summed E-state index contributed by atoms with van der Waals surface area (Å²) >= 11 is 6.01. The van der Waals surface area contributed by atoms with Crippen molar-refractivity contribution in [3.63, 3.8) is 0 Å². The van der Waals surface area contributed by atoms with Crippen LogP contribution in [0.5, 0.6) is 0 Å². The quantitative estimate of drug-likeness (QED) is 0.697. The molecule has 2 aromatic carbocycles. The smallest absolute Gasteiger partial charge is 0.244 e. The Bertz CT molecular complexity index is 1130. The number of halogens is 1. The third kappa shape index (κ3) is 4.39. The highest BCUT2D eigenvalue weighted by atomic mass is 35.5. The van der Waals surface area contributed by atoms with Crippen LogP contribution in [0.4, 0.5) is 0 Å². The van der Waals surface area contributed by atoms with Crippen LogP contribution in [0, 0.1) is 11.3 Å². The molecule has 1 aliphatic carbocycles. The van der Waals surface area contributed by atoms with E-state index >= 15 is 0 Å². The van der Waals surface area contributed by atoms with E-state index in [9.17, 15) is 18.5 Å². The summed E-state index contributed by atoms with van der Waals surface area (Å²) in [7, 11) is -3.78. The maximum atomic E-state index is 13.0. The Hall–Kier alpha value is -2.44. The number of carbonyl (C=O) groups excluding carboxylic acids is 1. The first kappa shape index (κ1) is 22.7. The first-order valence-corrected chi connectivity index (χ1v) is 12.5. The molecule has 2 fully saturated rings. The van der Waals surface area contributed by atoms with Gasteiger partial charge in [0.25, 0.3) is 0 Å². The van der Waals surface area contributed by atoms with Crippen molar-refractivity contribution >= 4 is 27.5 Å². The van der Waals surface area contributed by atoms with E-state index in [0.29, 0.717) is 18.1 Å². The Kier molecular flexibility index (Phi) is 6.54. The summed E-state index contributed by atoms with van der Waals surface area (Å²) in [4.78, 5) is 14.5. The van der Waals surface area contributed by atoms with Crippen molar-refractivity contribution in [3.8, 4) is 6.07 Å². The van der Waals surface area contributed by atoms with Crippen LogP contribution in [0.1, 0.15) is 30.4 Å². The molecule has 0 unspecified atom stereocenters. The van der Waals surface area contributed by atoms with Gasteiger partial charge in [0.05, 0.1) is 17.0 Å². The minimum atomic E-state index is -3.78. The molecule has 0 atom stereocenters. The van der Waals surface area contributed by atoms with Crippen molar-refractivity contribution in [3.05, 3.63) is 64.7 Å². The largest absolute Gasteiger partial charge is 0.339 e. The zero-order valence-corrected chi connectivity index (χ0v) is 19.2. The van der Waals surface area contributed by atoms with Gasteiger partial charge in [0.15, 0.2) is 0 Å². The molecule has 2 aliphatic rings. The highest BCUT2D eigenvalue weighted by Crippen LogP contribution is 2.41. The molecule has 1 N–H and O–H groups in total. The third-order valence-corrected chi connectivity index (χ3v) is 8.61. The van der Waals surface area contributed by atoms with Gasteiger partial charge in [-0.15, -0.1) is 0 Å². The van der Waals surface area contributed by atoms with Crippen molar-refractivity contribution in [2.75, 3.05) is 32.7 Å². The van der Waals surface area contributed by atoms with Crippen LogP contribution >= 0.6 is 11.6 Å². The lowest BCUT2D eigenvalue weighted by molar-refractivity contribution is -0.132. The molecule has 0 spiro atoms. The second-order valence-electron chi connectivity index (χ2n) is 8.19. The highest BCUT2D eigenvalue weighted by molar-refractivity contribution is 7.89. The van der Waals surface area contributed by atoms with Crippen molar-refractivity contribution < 1.29 is 13.2 Å². The number of piperazine rings is 1. The van der Waals surface area contributed by atoms with Gasteiger partial charge >= 0.3 is 0 Å². The van der Waals surface area contributed by atoms with Crippen LogP contribution in [0.2, 0.25) is 5.02 Å². The third-order valence-electron chi connectivity index (χ3n) is 6.40. The maximum absolute atomic E-state index is 13.0. The summed E-state index contributed by atoms with van der Waals surface area (Å²) in [6.07, 6.45) is 3.03. The average Bonchev–Trinajstić information content (AvgIpc) is 2.79. The van der Waals surface area contributed by atoms with Gasteiger partial charge in [-0.3, -0.25) is 10.1 Å². The van der Waals surface area contributed by atoms with Crippen LogP contribution in [0.15, 0.2) is 53.4 Å². The lowest BCUT2D eigenvalue weighted by Gasteiger charge is -2.44. The topological polar surface area (TPSA) is 93.5 Å². The zero-order chi connectivity index (χ0) is 22.8. The molecule has 4 rings (SSSR count). The van der Waals surface area contributed by atoms with E-state index in [1.165, 1.54) is 16.4 Å². The number of rotatable bonds is 6. The van der Waals surface area contributed by atoms with E-state index in [0.717, 1.165) is 24.8 Å². The van der Waals surface area contributed by atoms with Crippen LogP contribution in [0.3, 0.4) is 0 Å². The Morgan fingerprint density at radius 2 is 1.72 bits per heavy atom. The molecule has 1 saturated carbocycles. The van der Waals surface area contributed by atoms with Gasteiger partial charge in [-0.2, -0.15) is 9.57 Å². The fraction of sp³-hybridized carbons (Fsp3) is 0.391. The van der Waals surface area contributed by atoms with E-state index in [2.05, 4.69) is 5.32 Å². The van der Waals surface area contributed by atoms with E-state index in [4.69, 9.17) is 11.6 Å². The maximum Gasteiger partial charge on any atom is 0.244 e. The lowest BCUT2D eigenvalue weighted by atomic mass is 9.72. The normalized spacial score (nSPS) is 18.6. The number of hydrogen-bond acceptors (Lipinski definition) is 5. The van der Waals surface area contributed by atoms with Gasteiger partial charge in [-0.25, -0.2) is 8.42 Å². The van der Waals surface area contributed by atoms with Crippen LogP contribution in [-0.4, -0.2) is 56.3 Å². The van der Waals surface area contributed by atoms with E-state index in [-0.39, 0.29) is 41.5 Å². The second kappa shape index (κ2) is 9.20. The fourth-order valence-corrected chi connectivity index (χ4v) is 6.01. The molecule has 0 bridgehead atoms. The van der Waals surface area contributed by atoms with E-state index in [1.807, 2.05) is 30.3 Å². The van der Waals surface area contributed by atoms with Crippen LogP contribution < -0.4 is 5.32 Å². The number of nitrogens with one attached hydrogen (secondary N) is 1. The molecule has 0 aromatic heterocycles. The van der Waals surface area contributed by atoms with Gasteiger partial charge < -0.3 is 4.90 Å². The minimum Gasteiger partial charge on any atom is -0.339 e. The number of benzene rings is 2. The van der Waals surface area contributed by atoms with Crippen LogP contribution in [0.25, 0.3) is 0 Å². The first-order valence-electron chi connectivity index (χ1n) is 10.6. The summed E-state index contributed by atoms with van der Waals surface area (Å²) in [6, 6.07) is 15.9. The number of nitrogens with zero attached hydrogens (tertiary/aromatic N) is 3. The van der Waals surface area contributed by atoms with Crippen molar-refractivity contribution in [1.29, 1.82) is 5.26 Å². The molecule has 168 valence electrons. The standard InChI is InChI=1S/C23H25ClN4O3S/c24-20-8-6-19(7-9-20)23(10-3-11-23)26-17-22(29)27-12-14-28(15-13-27)32(30,31)21-5-2-1-4-18(21)16-25/h1-2,4-9,26H,3,10-15,17H2. The molecular formula is C23H25ClN4O3S. The fourth-order valence-electron chi connectivity index (χ4n) is 4.32. The minimum absolute atomic E-state index is 0.0128. The summed E-state index contributed by atoms with van der Waals surface area (Å²) in [5.74, 6) is -0.0419. The van der Waals surface area contributed by atoms with Crippen molar-refractivity contribution in [1.82, 2.24) is 14.5 Å². The van der Waals surface area contributed by atoms with Crippen molar-refractivity contribution in [2.45, 2.75) is 29.7 Å². The SMILES string of the molecule is N#Cc1ccccc1S(=O)(=O)N1CCN(C(=O)CNC2(c3ccc(Cl)cc3)CCC2)CC1. The van der Waals surface area contributed by atoms with Gasteiger partial charge in [0, 0.05) is 36.7 Å². The van der Waals surface area contributed by atoms with Gasteiger partial charge in [-0.1, -0.05) is 35.9 Å². The monoisotopic (exact) mass is 472 g/mol. The number of carbonyl (C=O) groups is 1. The van der Waals surface area contributed by atoms with Gasteiger partial charge in [0.1, 0.15) is 6.07 Å². The Morgan fingerprint density at radius 1 is 1.06 bits per heavy atom. The molecule has 1 aliphatic heterocycles. The van der Waals surface area contributed by atoms with E-state index < -0.39 is 10.0 Å². The van der Waals surface area contributed by atoms with Gasteiger partial charge in [0.2, 0.25) is 15.9 Å². The Labute approximate surface area is 193 Å². The molecule has 1 saturated heterocycles. The first-order chi connectivity index (χ1) is 15.4. The molecule has 7 nitrogen and oxygen atoms in total. The van der Waals surface area contributed by atoms with E-state index in [1.54, 1.807) is 17.0 Å². The highest BCUT2D eigenvalue weighted by Gasteiger charge is 2.39. The molecule has 9 heteroatoms. The summed E-state index contributed by atoms with van der Waals surface area (Å²) < 4.78 is 27.3. The van der Waals surface area contributed by atoms with Crippen LogP contribution in [-0.2, 0) is 20.4 Å². The Balaban J connectivity index is 1.36. The molecular weight excluding hydrogens is 448 g/mol. The second-order valence-corrected chi connectivity index (χ2v) is 10.5. The average molecular weight is 473 g/mol. The molecule has 1 heterocycles. The molecule has 2 aromatic rings. The van der Waals surface area contributed by atoms with Gasteiger partial charge in [-0.05, 0) is 49.1 Å². The molecule has 0 radical (unpaired) electrons. The zero-order valence-electron chi connectivity index (χ0n) is 17.6. The summed E-state index contributed by atoms with van der Waals surface area (Å²) in [6.45, 7) is 1.25. The number of nitriles is 1. The molecule has 32 heavy (non-hydrogen) atoms. The summed E-state index contributed by atoms with van der Waals surface area (Å²) in [5, 5.41) is 13.4. The van der Waals surface area contributed by atoms with Crippen molar-refractivity contribution in [2.24, 2.45) is 0 Å². The number of hydrogen-bond donors (Lipinski definition) is 1.